The number of halogens is 4. The third kappa shape index (κ3) is 5.16. The van der Waals surface area contributed by atoms with E-state index < -0.39 is 30.3 Å². The van der Waals surface area contributed by atoms with E-state index in [0.29, 0.717) is 10.2 Å². The molecule has 2 rings (SSSR count). The molecule has 0 atom stereocenters. The van der Waals surface area contributed by atoms with E-state index in [2.05, 4.69) is 15.7 Å². The molecule has 1 aromatic carbocycles. The maximum atomic E-state index is 13.1. The summed E-state index contributed by atoms with van der Waals surface area (Å²) in [5.41, 5.74) is 0.492. The number of aromatic hydroxyl groups is 1. The van der Waals surface area contributed by atoms with Gasteiger partial charge < -0.3 is 15.7 Å². The highest BCUT2D eigenvalue weighted by atomic mass is 19.4. The van der Waals surface area contributed by atoms with Crippen LogP contribution in [-0.4, -0.2) is 27.1 Å². The van der Waals surface area contributed by atoms with Crippen LogP contribution in [0.25, 0.3) is 0 Å². The van der Waals surface area contributed by atoms with Crippen LogP contribution in [0.1, 0.15) is 5.56 Å². The van der Waals surface area contributed by atoms with Gasteiger partial charge in [0.1, 0.15) is 6.54 Å². The lowest BCUT2D eigenvalue weighted by atomic mass is 10.2. The molecule has 2 amide bonds. The largest absolute Gasteiger partial charge is 0.505 e. The molecule has 0 radical (unpaired) electrons. The number of phenolic OH excluding ortho intramolecular Hbond substituents is 1. The number of benzene rings is 1. The Morgan fingerprint density at radius 3 is 2.74 bits per heavy atom. The SMILES string of the molecule is O=C(NCc1ccc(O)c(F)c1)Nc1cnn(CC(F)(F)F)c1. The smallest absolute Gasteiger partial charge is 0.408 e. The number of anilines is 1. The second-order valence-corrected chi connectivity index (χ2v) is 4.64. The molecule has 23 heavy (non-hydrogen) atoms. The van der Waals surface area contributed by atoms with E-state index in [1.165, 1.54) is 6.07 Å². The van der Waals surface area contributed by atoms with Gasteiger partial charge in [0.15, 0.2) is 11.6 Å². The zero-order valence-electron chi connectivity index (χ0n) is 11.6. The van der Waals surface area contributed by atoms with Gasteiger partial charge in [-0.2, -0.15) is 18.3 Å². The van der Waals surface area contributed by atoms with Crippen molar-refractivity contribution in [3.8, 4) is 5.75 Å². The van der Waals surface area contributed by atoms with Gasteiger partial charge in [0.2, 0.25) is 0 Å². The first kappa shape index (κ1) is 16.6. The average Bonchev–Trinajstić information content (AvgIpc) is 2.85. The summed E-state index contributed by atoms with van der Waals surface area (Å²) in [6.45, 7) is -1.29. The molecule has 6 nitrogen and oxygen atoms in total. The third-order valence-corrected chi connectivity index (χ3v) is 2.70. The van der Waals surface area contributed by atoms with Gasteiger partial charge in [0.25, 0.3) is 0 Å². The molecule has 0 fully saturated rings. The zero-order valence-corrected chi connectivity index (χ0v) is 11.6. The molecule has 2 aromatic rings. The van der Waals surface area contributed by atoms with E-state index in [9.17, 15) is 22.4 Å². The maximum Gasteiger partial charge on any atom is 0.408 e. The number of nitrogens with zero attached hydrogens (tertiary/aromatic N) is 2. The van der Waals surface area contributed by atoms with Crippen LogP contribution in [0.3, 0.4) is 0 Å². The minimum absolute atomic E-state index is 0.0281. The predicted octanol–water partition coefficient (Wildman–Crippen LogP) is 2.61. The topological polar surface area (TPSA) is 79.2 Å². The van der Waals surface area contributed by atoms with Crippen molar-refractivity contribution in [3.63, 3.8) is 0 Å². The number of carbonyl (C=O) groups is 1. The van der Waals surface area contributed by atoms with Crippen molar-refractivity contribution in [2.45, 2.75) is 19.3 Å². The van der Waals surface area contributed by atoms with Crippen LogP contribution in [0.4, 0.5) is 28.0 Å². The number of aromatic nitrogens is 2. The summed E-state index contributed by atoms with van der Waals surface area (Å²) in [5, 5.41) is 17.2. The van der Waals surface area contributed by atoms with E-state index in [0.717, 1.165) is 24.5 Å². The van der Waals surface area contributed by atoms with Crippen LogP contribution in [0.15, 0.2) is 30.6 Å². The van der Waals surface area contributed by atoms with Crippen molar-refractivity contribution in [1.29, 1.82) is 0 Å². The van der Waals surface area contributed by atoms with Crippen LogP contribution in [0.2, 0.25) is 0 Å². The van der Waals surface area contributed by atoms with Crippen molar-refractivity contribution >= 4 is 11.7 Å². The molecular formula is C13H12F4N4O2. The Morgan fingerprint density at radius 1 is 1.35 bits per heavy atom. The number of hydrogen-bond donors (Lipinski definition) is 3. The molecule has 0 saturated carbocycles. The lowest BCUT2D eigenvalue weighted by molar-refractivity contribution is -0.142. The summed E-state index contributed by atoms with van der Waals surface area (Å²) in [4.78, 5) is 11.6. The highest BCUT2D eigenvalue weighted by molar-refractivity contribution is 5.88. The van der Waals surface area contributed by atoms with Gasteiger partial charge >= 0.3 is 12.2 Å². The zero-order chi connectivity index (χ0) is 17.0. The van der Waals surface area contributed by atoms with Gasteiger partial charge in [0.05, 0.1) is 11.9 Å². The third-order valence-electron chi connectivity index (χ3n) is 2.70. The number of alkyl halides is 3. The first-order valence-electron chi connectivity index (χ1n) is 6.34. The van der Waals surface area contributed by atoms with Crippen LogP contribution >= 0.6 is 0 Å². The standard InChI is InChI=1S/C13H12F4N4O2/c14-10-3-8(1-2-11(10)22)4-18-12(23)20-9-5-19-21(6-9)7-13(15,16)17/h1-3,5-6,22H,4,7H2,(H2,18,20,23). The summed E-state index contributed by atoms with van der Waals surface area (Å²) >= 11 is 0. The lowest BCUT2D eigenvalue weighted by Gasteiger charge is -2.07. The molecule has 1 heterocycles. The molecule has 124 valence electrons. The molecule has 0 spiro atoms. The lowest BCUT2D eigenvalue weighted by Crippen LogP contribution is -2.28. The van der Waals surface area contributed by atoms with Crippen molar-refractivity contribution in [3.05, 3.63) is 42.0 Å². The Hall–Kier alpha value is -2.78. The number of nitrogens with one attached hydrogen (secondary N) is 2. The van der Waals surface area contributed by atoms with Crippen LogP contribution < -0.4 is 10.6 Å². The Kier molecular flexibility index (Phi) is 4.72. The molecule has 0 aliphatic carbocycles. The van der Waals surface area contributed by atoms with Crippen LogP contribution in [0.5, 0.6) is 5.75 Å². The fourth-order valence-corrected chi connectivity index (χ4v) is 1.72. The monoisotopic (exact) mass is 332 g/mol. The van der Waals surface area contributed by atoms with Gasteiger partial charge in [-0.25, -0.2) is 9.18 Å². The molecule has 0 saturated heterocycles. The van der Waals surface area contributed by atoms with Crippen molar-refractivity contribution in [2.75, 3.05) is 5.32 Å². The minimum atomic E-state index is -4.41. The van der Waals surface area contributed by atoms with Gasteiger partial charge in [-0.1, -0.05) is 6.07 Å². The summed E-state index contributed by atoms with van der Waals surface area (Å²) in [6.07, 6.45) is -2.30. The summed E-state index contributed by atoms with van der Waals surface area (Å²) in [7, 11) is 0. The molecule has 0 aliphatic heterocycles. The molecule has 10 heteroatoms. The Balaban J connectivity index is 1.86. The fourth-order valence-electron chi connectivity index (χ4n) is 1.72. The molecule has 0 aliphatic rings. The van der Waals surface area contributed by atoms with E-state index in [1.54, 1.807) is 0 Å². The highest BCUT2D eigenvalue weighted by Gasteiger charge is 2.28. The maximum absolute atomic E-state index is 13.1. The number of amides is 2. The first-order chi connectivity index (χ1) is 10.7. The summed E-state index contributed by atoms with van der Waals surface area (Å²) < 4.78 is 50.3. The average molecular weight is 332 g/mol. The van der Waals surface area contributed by atoms with Crippen LogP contribution in [0, 0.1) is 5.82 Å². The molecule has 0 bridgehead atoms. The Labute approximate surface area is 127 Å². The summed E-state index contributed by atoms with van der Waals surface area (Å²) in [5.74, 6) is -1.33. The number of rotatable bonds is 4. The second-order valence-electron chi connectivity index (χ2n) is 4.64. The van der Waals surface area contributed by atoms with Gasteiger partial charge in [-0.3, -0.25) is 4.68 Å². The summed E-state index contributed by atoms with van der Waals surface area (Å²) in [6, 6.07) is 2.92. The number of urea groups is 1. The molecular weight excluding hydrogens is 320 g/mol. The molecule has 3 N–H and O–H groups in total. The Morgan fingerprint density at radius 2 is 2.09 bits per heavy atom. The van der Waals surface area contributed by atoms with Gasteiger partial charge in [0, 0.05) is 12.7 Å². The van der Waals surface area contributed by atoms with E-state index in [-0.39, 0.29) is 12.2 Å². The highest BCUT2D eigenvalue weighted by Crippen LogP contribution is 2.18. The number of hydrogen-bond acceptors (Lipinski definition) is 3. The van der Waals surface area contributed by atoms with Gasteiger partial charge in [-0.05, 0) is 17.7 Å². The molecule has 0 unspecified atom stereocenters. The minimum Gasteiger partial charge on any atom is -0.505 e. The van der Waals surface area contributed by atoms with Crippen molar-refractivity contribution in [1.82, 2.24) is 15.1 Å². The van der Waals surface area contributed by atoms with Crippen LogP contribution in [-0.2, 0) is 13.1 Å². The van der Waals surface area contributed by atoms with Crippen molar-refractivity contribution in [2.24, 2.45) is 0 Å². The normalized spacial score (nSPS) is 11.3. The number of carbonyl (C=O) groups excluding carboxylic acids is 1. The van der Waals surface area contributed by atoms with Gasteiger partial charge in [-0.15, -0.1) is 0 Å². The predicted molar refractivity (Wildman–Crippen MR) is 72.2 cm³/mol. The quantitative estimate of drug-likeness (QED) is 0.753. The van der Waals surface area contributed by atoms with E-state index >= 15 is 0 Å². The van der Waals surface area contributed by atoms with E-state index in [1.807, 2.05) is 0 Å². The second kappa shape index (κ2) is 6.55. The Bertz CT molecular complexity index is 700. The first-order valence-corrected chi connectivity index (χ1v) is 6.34. The molecule has 1 aromatic heterocycles. The number of phenols is 1. The van der Waals surface area contributed by atoms with E-state index in [4.69, 9.17) is 5.11 Å². The fraction of sp³-hybridized carbons (Fsp3) is 0.231. The van der Waals surface area contributed by atoms with Crippen molar-refractivity contribution < 1.29 is 27.5 Å².